The fourth-order valence-corrected chi connectivity index (χ4v) is 5.37. The monoisotopic (exact) mass is 424 g/mol. The molecule has 2 aromatic rings. The second-order valence-corrected chi connectivity index (χ2v) is 9.17. The lowest BCUT2D eigenvalue weighted by atomic mass is 9.83. The highest BCUT2D eigenvalue weighted by Crippen LogP contribution is 2.44. The molecule has 3 aliphatic rings. The molecule has 0 aromatic heterocycles. The van der Waals surface area contributed by atoms with Crippen molar-refractivity contribution in [2.24, 2.45) is 0 Å². The van der Waals surface area contributed by atoms with E-state index in [2.05, 4.69) is 34.1 Å². The quantitative estimate of drug-likeness (QED) is 0.602. The van der Waals surface area contributed by atoms with Gasteiger partial charge in [0.15, 0.2) is 0 Å². The number of piperidine rings is 2. The third kappa shape index (κ3) is 4.58. The van der Waals surface area contributed by atoms with Gasteiger partial charge in [0.1, 0.15) is 11.6 Å². The summed E-state index contributed by atoms with van der Waals surface area (Å²) in [6.45, 7) is 6.82. The van der Waals surface area contributed by atoms with E-state index in [9.17, 15) is 4.39 Å². The first-order valence-corrected chi connectivity index (χ1v) is 11.8. The van der Waals surface area contributed by atoms with Gasteiger partial charge in [-0.2, -0.15) is 0 Å². The summed E-state index contributed by atoms with van der Waals surface area (Å²) in [6, 6.07) is 13.6. The van der Waals surface area contributed by atoms with Crippen molar-refractivity contribution >= 4 is 5.69 Å². The van der Waals surface area contributed by atoms with E-state index >= 15 is 0 Å². The van der Waals surface area contributed by atoms with E-state index in [1.165, 1.54) is 43.6 Å². The van der Waals surface area contributed by atoms with Gasteiger partial charge in [-0.15, -0.1) is 0 Å². The molecule has 0 N–H and O–H groups in total. The topological polar surface area (TPSA) is 24.9 Å². The molecule has 2 fully saturated rings. The third-order valence-electron chi connectivity index (χ3n) is 7.17. The van der Waals surface area contributed by atoms with E-state index in [0.29, 0.717) is 6.61 Å². The molecule has 5 heteroatoms. The Morgan fingerprint density at radius 2 is 1.71 bits per heavy atom. The highest BCUT2D eigenvalue weighted by molar-refractivity contribution is 5.50. The zero-order chi connectivity index (χ0) is 21.1. The Morgan fingerprint density at radius 1 is 0.935 bits per heavy atom. The number of likely N-dealkylation sites (tertiary alicyclic amines) is 1. The van der Waals surface area contributed by atoms with Gasteiger partial charge in [0, 0.05) is 25.3 Å². The van der Waals surface area contributed by atoms with E-state index < -0.39 is 0 Å². The first-order valence-electron chi connectivity index (χ1n) is 11.8. The average molecular weight is 425 g/mol. The van der Waals surface area contributed by atoms with E-state index in [4.69, 9.17) is 9.47 Å². The Labute approximate surface area is 184 Å². The number of hydrogen-bond donors (Lipinski definition) is 0. The minimum absolute atomic E-state index is 0.175. The molecule has 2 aromatic carbocycles. The molecule has 0 radical (unpaired) electrons. The van der Waals surface area contributed by atoms with E-state index in [0.717, 1.165) is 56.8 Å². The van der Waals surface area contributed by atoms with Crippen LogP contribution in [0.1, 0.15) is 49.7 Å². The van der Waals surface area contributed by atoms with Gasteiger partial charge in [0.25, 0.3) is 0 Å². The molecule has 0 saturated carbocycles. The maximum Gasteiger partial charge on any atom is 0.123 e. The predicted octanol–water partition coefficient (Wildman–Crippen LogP) is 5.11. The second kappa shape index (κ2) is 9.17. The van der Waals surface area contributed by atoms with Crippen LogP contribution < -0.4 is 9.64 Å². The van der Waals surface area contributed by atoms with Gasteiger partial charge in [-0.25, -0.2) is 4.39 Å². The van der Waals surface area contributed by atoms with Gasteiger partial charge < -0.3 is 19.3 Å². The fraction of sp³-hybridized carbons (Fsp3) is 0.538. The van der Waals surface area contributed by atoms with Crippen LogP contribution in [-0.4, -0.2) is 44.2 Å². The number of anilines is 1. The number of benzene rings is 2. The summed E-state index contributed by atoms with van der Waals surface area (Å²) in [5, 5.41) is 0. The number of rotatable bonds is 6. The van der Waals surface area contributed by atoms with Crippen molar-refractivity contribution in [3.63, 3.8) is 0 Å². The molecule has 4 nitrogen and oxygen atoms in total. The normalized spacial score (nSPS) is 20.7. The fourth-order valence-electron chi connectivity index (χ4n) is 5.37. The van der Waals surface area contributed by atoms with Gasteiger partial charge in [-0.3, -0.25) is 0 Å². The summed E-state index contributed by atoms with van der Waals surface area (Å²) in [7, 11) is 0. The van der Waals surface area contributed by atoms with Crippen LogP contribution in [0.25, 0.3) is 0 Å². The zero-order valence-corrected chi connectivity index (χ0v) is 18.3. The lowest BCUT2D eigenvalue weighted by molar-refractivity contribution is -0.0551. The molecule has 0 bridgehead atoms. The standard InChI is InChI=1S/C26H33FN2O2/c27-22-5-10-25-21(19-22)20-31-26(25)11-16-29(17-12-26)23-6-8-24(9-7-23)30-18-4-15-28-13-2-1-3-14-28/h5-10,19H,1-4,11-18,20H2. The first-order chi connectivity index (χ1) is 15.2. The Bertz CT molecular complexity index is 871. The Balaban J connectivity index is 1.11. The van der Waals surface area contributed by atoms with Crippen molar-refractivity contribution in [1.29, 1.82) is 0 Å². The average Bonchev–Trinajstić information content (AvgIpc) is 3.15. The minimum atomic E-state index is -0.239. The molecular weight excluding hydrogens is 391 g/mol. The highest BCUT2D eigenvalue weighted by Gasteiger charge is 2.42. The van der Waals surface area contributed by atoms with Gasteiger partial charge in [0.05, 0.1) is 18.8 Å². The summed E-state index contributed by atoms with van der Waals surface area (Å²) in [6.07, 6.45) is 7.02. The largest absolute Gasteiger partial charge is 0.494 e. The van der Waals surface area contributed by atoms with Crippen molar-refractivity contribution in [2.45, 2.75) is 50.7 Å². The maximum atomic E-state index is 13.5. The number of nitrogens with zero attached hydrogens (tertiary/aromatic N) is 2. The molecule has 2 saturated heterocycles. The van der Waals surface area contributed by atoms with Crippen LogP contribution in [0.4, 0.5) is 10.1 Å². The summed E-state index contributed by atoms with van der Waals surface area (Å²) < 4.78 is 25.7. The lowest BCUT2D eigenvalue weighted by Gasteiger charge is -2.40. The summed E-state index contributed by atoms with van der Waals surface area (Å²) in [5.41, 5.74) is 3.18. The summed E-state index contributed by atoms with van der Waals surface area (Å²) >= 11 is 0. The SMILES string of the molecule is Fc1ccc2c(c1)COC21CCN(c2ccc(OCCCN3CCCCC3)cc2)CC1. The molecule has 5 rings (SSSR count). The van der Waals surface area contributed by atoms with Crippen LogP contribution in [0.5, 0.6) is 5.75 Å². The molecule has 166 valence electrons. The summed E-state index contributed by atoms with van der Waals surface area (Å²) in [4.78, 5) is 4.97. The van der Waals surface area contributed by atoms with Crippen molar-refractivity contribution in [1.82, 2.24) is 4.90 Å². The van der Waals surface area contributed by atoms with Crippen LogP contribution in [0.15, 0.2) is 42.5 Å². The molecule has 31 heavy (non-hydrogen) atoms. The second-order valence-electron chi connectivity index (χ2n) is 9.17. The molecule has 0 aliphatic carbocycles. The van der Waals surface area contributed by atoms with Gasteiger partial charge in [-0.1, -0.05) is 12.5 Å². The number of fused-ring (bicyclic) bond motifs is 2. The number of halogens is 1. The Hall–Kier alpha value is -2.11. The number of ether oxygens (including phenoxy) is 2. The van der Waals surface area contributed by atoms with Crippen LogP contribution >= 0.6 is 0 Å². The highest BCUT2D eigenvalue weighted by atomic mass is 19.1. The molecule has 0 amide bonds. The van der Waals surface area contributed by atoms with Crippen molar-refractivity contribution in [3.05, 3.63) is 59.4 Å². The molecule has 1 spiro atoms. The molecule has 0 atom stereocenters. The Kier molecular flexibility index (Phi) is 6.15. The first kappa shape index (κ1) is 20.8. The zero-order valence-electron chi connectivity index (χ0n) is 18.3. The third-order valence-corrected chi connectivity index (χ3v) is 7.17. The van der Waals surface area contributed by atoms with Crippen LogP contribution in [-0.2, 0) is 16.9 Å². The minimum Gasteiger partial charge on any atom is -0.494 e. The molecule has 3 heterocycles. The van der Waals surface area contributed by atoms with Gasteiger partial charge >= 0.3 is 0 Å². The Morgan fingerprint density at radius 3 is 2.48 bits per heavy atom. The maximum absolute atomic E-state index is 13.5. The van der Waals surface area contributed by atoms with E-state index in [1.54, 1.807) is 12.1 Å². The number of hydrogen-bond acceptors (Lipinski definition) is 4. The van der Waals surface area contributed by atoms with Crippen molar-refractivity contribution < 1.29 is 13.9 Å². The van der Waals surface area contributed by atoms with Crippen molar-refractivity contribution in [3.8, 4) is 5.75 Å². The van der Waals surface area contributed by atoms with Gasteiger partial charge in [-0.05, 0) is 92.7 Å². The predicted molar refractivity (Wildman–Crippen MR) is 121 cm³/mol. The van der Waals surface area contributed by atoms with E-state index in [-0.39, 0.29) is 11.4 Å². The molecular formula is C26H33FN2O2. The van der Waals surface area contributed by atoms with Gasteiger partial charge in [0.2, 0.25) is 0 Å². The van der Waals surface area contributed by atoms with E-state index in [1.807, 2.05) is 6.07 Å². The lowest BCUT2D eigenvalue weighted by Crippen LogP contribution is -2.42. The smallest absolute Gasteiger partial charge is 0.123 e. The molecule has 0 unspecified atom stereocenters. The van der Waals surface area contributed by atoms with Crippen LogP contribution in [0.2, 0.25) is 0 Å². The van der Waals surface area contributed by atoms with Crippen molar-refractivity contribution in [2.75, 3.05) is 44.2 Å². The summed E-state index contributed by atoms with van der Waals surface area (Å²) in [5.74, 6) is 0.775. The molecule has 3 aliphatic heterocycles. The van der Waals surface area contributed by atoms with Crippen LogP contribution in [0, 0.1) is 5.82 Å². The van der Waals surface area contributed by atoms with Crippen LogP contribution in [0.3, 0.4) is 0 Å².